The lowest BCUT2D eigenvalue weighted by molar-refractivity contribution is -0.123. The maximum atomic E-state index is 13.7. The lowest BCUT2D eigenvalue weighted by atomic mass is 10.0. The molecular weight excluding hydrogens is 319 g/mol. The molecule has 4 nitrogen and oxygen atoms in total. The molecule has 2 rings (SSSR count). The lowest BCUT2D eigenvalue weighted by Crippen LogP contribution is -2.26. The van der Waals surface area contributed by atoms with Crippen molar-refractivity contribution in [2.75, 3.05) is 6.61 Å². The number of carbonyl (C=O) groups is 1. The number of hydrazone groups is 1. The molecule has 132 valence electrons. The van der Waals surface area contributed by atoms with Crippen LogP contribution in [0.5, 0.6) is 5.75 Å². The largest absolute Gasteiger partial charge is 0.483 e. The van der Waals surface area contributed by atoms with E-state index in [2.05, 4.69) is 24.4 Å². The third kappa shape index (κ3) is 5.14. The number of nitrogens with zero attached hydrogens (tertiary/aromatic N) is 1. The predicted octanol–water partition coefficient (Wildman–Crippen LogP) is 4.18. The van der Waals surface area contributed by atoms with E-state index in [1.165, 1.54) is 6.07 Å². The van der Waals surface area contributed by atoms with Crippen LogP contribution in [-0.2, 0) is 4.79 Å². The van der Waals surface area contributed by atoms with Crippen LogP contribution in [0.1, 0.15) is 43.4 Å². The molecule has 2 aromatic rings. The number of rotatable bonds is 6. The number of hydrogen-bond acceptors (Lipinski definition) is 3. The van der Waals surface area contributed by atoms with Crippen molar-refractivity contribution in [3.05, 3.63) is 65.0 Å². The topological polar surface area (TPSA) is 50.7 Å². The highest BCUT2D eigenvalue weighted by Crippen LogP contribution is 2.27. The fourth-order valence-corrected chi connectivity index (χ4v) is 2.38. The van der Waals surface area contributed by atoms with Gasteiger partial charge in [-0.2, -0.15) is 5.10 Å². The molecule has 0 aliphatic heterocycles. The Hall–Kier alpha value is -2.69. The molecule has 25 heavy (non-hydrogen) atoms. The van der Waals surface area contributed by atoms with E-state index in [4.69, 9.17) is 4.74 Å². The monoisotopic (exact) mass is 342 g/mol. The number of hydrogen-bond donors (Lipinski definition) is 1. The maximum absolute atomic E-state index is 13.7. The summed E-state index contributed by atoms with van der Waals surface area (Å²) in [6.07, 6.45) is 0. The summed E-state index contributed by atoms with van der Waals surface area (Å²) >= 11 is 0. The molecule has 0 aromatic heterocycles. The Balaban J connectivity index is 1.99. The number of nitrogens with one attached hydrogen (secondary N) is 1. The molecule has 0 bridgehead atoms. The molecule has 0 atom stereocenters. The fraction of sp³-hybridized carbons (Fsp3) is 0.300. The number of benzene rings is 2. The Morgan fingerprint density at radius 1 is 1.24 bits per heavy atom. The number of halogens is 1. The Labute approximate surface area is 147 Å². The van der Waals surface area contributed by atoms with Gasteiger partial charge < -0.3 is 4.74 Å². The minimum absolute atomic E-state index is 0.156. The molecular formula is C20H23FN2O2. The Morgan fingerprint density at radius 2 is 1.96 bits per heavy atom. The number of amides is 1. The highest BCUT2D eigenvalue weighted by atomic mass is 19.1. The minimum Gasteiger partial charge on any atom is -0.483 e. The first kappa shape index (κ1) is 18.6. The number of carbonyl (C=O) groups excluding carboxylic acids is 1. The van der Waals surface area contributed by atoms with Crippen molar-refractivity contribution in [3.8, 4) is 5.75 Å². The van der Waals surface area contributed by atoms with Crippen LogP contribution in [-0.4, -0.2) is 18.2 Å². The van der Waals surface area contributed by atoms with Gasteiger partial charge in [-0.05, 0) is 43.0 Å². The Bertz CT molecular complexity index is 785. The third-order valence-corrected chi connectivity index (χ3v) is 3.76. The van der Waals surface area contributed by atoms with E-state index in [9.17, 15) is 9.18 Å². The second kappa shape index (κ2) is 8.42. The molecule has 0 unspecified atom stereocenters. The van der Waals surface area contributed by atoms with Crippen molar-refractivity contribution in [1.82, 2.24) is 5.43 Å². The second-order valence-corrected chi connectivity index (χ2v) is 6.20. The number of ether oxygens (including phenoxy) is 1. The second-order valence-electron chi connectivity index (χ2n) is 6.20. The summed E-state index contributed by atoms with van der Waals surface area (Å²) in [5.41, 5.74) is 5.25. The quantitative estimate of drug-likeness (QED) is 0.632. The van der Waals surface area contributed by atoms with Crippen molar-refractivity contribution < 1.29 is 13.9 Å². The van der Waals surface area contributed by atoms with E-state index >= 15 is 0 Å². The van der Waals surface area contributed by atoms with Crippen LogP contribution >= 0.6 is 0 Å². The van der Waals surface area contributed by atoms with Crippen LogP contribution in [0.3, 0.4) is 0 Å². The predicted molar refractivity (Wildman–Crippen MR) is 97.5 cm³/mol. The zero-order chi connectivity index (χ0) is 18.4. The molecule has 1 N–H and O–H groups in total. The average Bonchev–Trinajstić information content (AvgIpc) is 2.58. The van der Waals surface area contributed by atoms with E-state index < -0.39 is 5.91 Å². The van der Waals surface area contributed by atoms with Crippen LogP contribution in [0, 0.1) is 12.7 Å². The zero-order valence-electron chi connectivity index (χ0n) is 15.0. The van der Waals surface area contributed by atoms with Gasteiger partial charge in [0, 0.05) is 5.56 Å². The molecule has 0 aliphatic carbocycles. The molecule has 0 aliphatic rings. The van der Waals surface area contributed by atoms with E-state index in [0.717, 1.165) is 11.1 Å². The summed E-state index contributed by atoms with van der Waals surface area (Å²) in [7, 11) is 0. The van der Waals surface area contributed by atoms with Crippen molar-refractivity contribution in [2.45, 2.75) is 33.6 Å². The van der Waals surface area contributed by atoms with Crippen molar-refractivity contribution in [1.29, 1.82) is 0 Å². The van der Waals surface area contributed by atoms with Gasteiger partial charge in [-0.15, -0.1) is 0 Å². The lowest BCUT2D eigenvalue weighted by Gasteiger charge is -2.14. The molecule has 0 radical (unpaired) electrons. The molecule has 5 heteroatoms. The molecule has 0 saturated carbocycles. The zero-order valence-corrected chi connectivity index (χ0v) is 15.0. The van der Waals surface area contributed by atoms with Gasteiger partial charge in [0.2, 0.25) is 0 Å². The summed E-state index contributed by atoms with van der Waals surface area (Å²) in [4.78, 5) is 12.0. The summed E-state index contributed by atoms with van der Waals surface area (Å²) < 4.78 is 19.3. The van der Waals surface area contributed by atoms with Gasteiger partial charge in [0.1, 0.15) is 11.6 Å². The van der Waals surface area contributed by atoms with E-state index in [-0.39, 0.29) is 12.4 Å². The Kier molecular flexibility index (Phi) is 6.28. The maximum Gasteiger partial charge on any atom is 0.277 e. The minimum atomic E-state index is -0.396. The summed E-state index contributed by atoms with van der Waals surface area (Å²) in [6.45, 7) is 7.59. The van der Waals surface area contributed by atoms with E-state index in [1.54, 1.807) is 25.1 Å². The van der Waals surface area contributed by atoms with Gasteiger partial charge in [-0.3, -0.25) is 4.79 Å². The van der Waals surface area contributed by atoms with Crippen LogP contribution < -0.4 is 10.2 Å². The molecule has 0 heterocycles. The van der Waals surface area contributed by atoms with Gasteiger partial charge in [0.05, 0.1) is 5.71 Å². The SMILES string of the molecule is C/C(=N\NC(=O)COc1cc(C)ccc1C(C)C)c1ccccc1F. The third-order valence-electron chi connectivity index (χ3n) is 3.76. The molecule has 0 saturated heterocycles. The molecule has 0 spiro atoms. The first-order valence-corrected chi connectivity index (χ1v) is 8.20. The van der Waals surface area contributed by atoms with Gasteiger partial charge in [-0.1, -0.05) is 44.2 Å². The van der Waals surface area contributed by atoms with Crippen LogP contribution in [0.15, 0.2) is 47.6 Å². The van der Waals surface area contributed by atoms with Crippen LogP contribution in [0.25, 0.3) is 0 Å². The highest BCUT2D eigenvalue weighted by Gasteiger charge is 2.10. The molecule has 2 aromatic carbocycles. The van der Waals surface area contributed by atoms with Gasteiger partial charge in [0.15, 0.2) is 6.61 Å². The van der Waals surface area contributed by atoms with Crippen LogP contribution in [0.4, 0.5) is 4.39 Å². The van der Waals surface area contributed by atoms with Crippen molar-refractivity contribution >= 4 is 11.6 Å². The van der Waals surface area contributed by atoms with E-state index in [1.807, 2.05) is 25.1 Å². The molecule has 0 fully saturated rings. The first-order valence-electron chi connectivity index (χ1n) is 8.20. The fourth-order valence-electron chi connectivity index (χ4n) is 2.38. The first-order chi connectivity index (χ1) is 11.9. The standard InChI is InChI=1S/C20H23FN2O2/c1-13(2)16-10-9-14(3)11-19(16)25-12-20(24)23-22-15(4)17-7-5-6-8-18(17)21/h5-11,13H,12H2,1-4H3,(H,23,24)/b22-15+. The van der Waals surface area contributed by atoms with Gasteiger partial charge in [-0.25, -0.2) is 9.82 Å². The van der Waals surface area contributed by atoms with Gasteiger partial charge >= 0.3 is 0 Å². The Morgan fingerprint density at radius 3 is 2.64 bits per heavy atom. The highest BCUT2D eigenvalue weighted by molar-refractivity contribution is 5.99. The van der Waals surface area contributed by atoms with Crippen molar-refractivity contribution in [2.24, 2.45) is 5.10 Å². The van der Waals surface area contributed by atoms with E-state index in [0.29, 0.717) is 22.9 Å². The van der Waals surface area contributed by atoms with Crippen molar-refractivity contribution in [3.63, 3.8) is 0 Å². The summed E-state index contributed by atoms with van der Waals surface area (Å²) in [5.74, 6) is 0.211. The molecule has 1 amide bonds. The number of aryl methyl sites for hydroxylation is 1. The average molecular weight is 342 g/mol. The van der Waals surface area contributed by atoms with Gasteiger partial charge in [0.25, 0.3) is 5.91 Å². The summed E-state index contributed by atoms with van der Waals surface area (Å²) in [6, 6.07) is 12.2. The smallest absolute Gasteiger partial charge is 0.277 e. The normalized spacial score (nSPS) is 11.5. The van der Waals surface area contributed by atoms with Crippen LogP contribution in [0.2, 0.25) is 0 Å². The summed E-state index contributed by atoms with van der Waals surface area (Å²) in [5, 5.41) is 3.94.